The van der Waals surface area contributed by atoms with Gasteiger partial charge < -0.3 is 42.6 Å². The van der Waals surface area contributed by atoms with Gasteiger partial charge in [-0.3, -0.25) is 0 Å². The molecule has 12 nitrogen and oxygen atoms in total. The van der Waals surface area contributed by atoms with Crippen molar-refractivity contribution in [1.82, 2.24) is 0 Å². The summed E-state index contributed by atoms with van der Waals surface area (Å²) in [6.45, 7) is 2.18. The summed E-state index contributed by atoms with van der Waals surface area (Å²) >= 11 is 0. The third kappa shape index (κ3) is 17.1. The molecule has 0 spiro atoms. The van der Waals surface area contributed by atoms with Crippen LogP contribution < -0.4 is 0 Å². The van der Waals surface area contributed by atoms with Crippen LogP contribution in [0.2, 0.25) is 0 Å². The third-order valence-corrected chi connectivity index (χ3v) is 3.26. The molecule has 0 bridgehead atoms. The summed E-state index contributed by atoms with van der Waals surface area (Å²) in [5, 5.41) is 0. The predicted molar refractivity (Wildman–Crippen MR) is 97.8 cm³/mol. The first kappa shape index (κ1) is 26.2. The molecular formula is C18H30O12. The normalized spacial score (nSPS) is 22.2. The molecule has 0 aromatic heterocycles. The Morgan fingerprint density at radius 1 is 0.333 bits per heavy atom. The van der Waals surface area contributed by atoms with E-state index in [4.69, 9.17) is 37.9 Å². The van der Waals surface area contributed by atoms with Crippen LogP contribution >= 0.6 is 0 Å². The summed E-state index contributed by atoms with van der Waals surface area (Å²) in [5.41, 5.74) is 0. The molecule has 1 aliphatic rings. The average molecular weight is 438 g/mol. The van der Waals surface area contributed by atoms with Gasteiger partial charge >= 0.3 is 17.9 Å². The molecule has 0 amide bonds. The van der Waals surface area contributed by atoms with Gasteiger partial charge in [-0.05, 0) is 0 Å². The van der Waals surface area contributed by atoms with Crippen molar-refractivity contribution in [1.29, 1.82) is 0 Å². The SMILES string of the molecule is O=C1COCC(=O)OCC(=O)OCCOCCOCCOCCOCCOCCO1. The molecule has 1 fully saturated rings. The van der Waals surface area contributed by atoms with E-state index in [1.165, 1.54) is 0 Å². The molecule has 30 heavy (non-hydrogen) atoms. The smallest absolute Gasteiger partial charge is 0.344 e. The first-order valence-electron chi connectivity index (χ1n) is 9.62. The number of hydrogen-bond donors (Lipinski definition) is 0. The van der Waals surface area contributed by atoms with E-state index in [-0.39, 0.29) is 26.4 Å². The zero-order valence-corrected chi connectivity index (χ0v) is 17.0. The van der Waals surface area contributed by atoms with Gasteiger partial charge in [-0.15, -0.1) is 0 Å². The van der Waals surface area contributed by atoms with Crippen molar-refractivity contribution in [3.8, 4) is 0 Å². The van der Waals surface area contributed by atoms with Gasteiger partial charge in [0.1, 0.15) is 26.4 Å². The van der Waals surface area contributed by atoms with E-state index >= 15 is 0 Å². The van der Waals surface area contributed by atoms with Gasteiger partial charge in [-0.2, -0.15) is 0 Å². The first-order chi connectivity index (χ1) is 14.7. The standard InChI is InChI=1S/C18H30O12/c19-16-13-27-14-17(20)30-15-18(21)29-12-10-26-8-6-24-4-2-22-1-3-23-5-7-25-9-11-28-16/h1-15H2. The Kier molecular flexibility index (Phi) is 16.7. The molecular weight excluding hydrogens is 408 g/mol. The van der Waals surface area contributed by atoms with E-state index in [9.17, 15) is 14.4 Å². The van der Waals surface area contributed by atoms with Gasteiger partial charge in [0.15, 0.2) is 6.61 Å². The monoisotopic (exact) mass is 438 g/mol. The second-order valence-electron chi connectivity index (χ2n) is 5.66. The number of ether oxygens (including phenoxy) is 9. The van der Waals surface area contributed by atoms with Crippen LogP contribution in [0.15, 0.2) is 0 Å². The highest BCUT2D eigenvalue weighted by Crippen LogP contribution is 1.89. The number of rotatable bonds is 0. The van der Waals surface area contributed by atoms with Crippen LogP contribution in [-0.2, 0) is 57.0 Å². The highest BCUT2D eigenvalue weighted by atomic mass is 16.6. The fraction of sp³-hybridized carbons (Fsp3) is 0.833. The molecule has 1 rings (SSSR count). The van der Waals surface area contributed by atoms with E-state index in [0.29, 0.717) is 52.9 Å². The van der Waals surface area contributed by atoms with E-state index in [0.717, 1.165) is 0 Å². The van der Waals surface area contributed by atoms with Crippen molar-refractivity contribution in [3.05, 3.63) is 0 Å². The van der Waals surface area contributed by atoms with Crippen LogP contribution in [0.5, 0.6) is 0 Å². The van der Waals surface area contributed by atoms with Gasteiger partial charge in [0.2, 0.25) is 0 Å². The Hall–Kier alpha value is -1.83. The molecule has 1 aliphatic heterocycles. The highest BCUT2D eigenvalue weighted by molar-refractivity contribution is 5.77. The zero-order valence-electron chi connectivity index (χ0n) is 17.0. The molecule has 174 valence electrons. The summed E-state index contributed by atoms with van der Waals surface area (Å²) < 4.78 is 45.7. The molecule has 0 radical (unpaired) electrons. The van der Waals surface area contributed by atoms with E-state index < -0.39 is 37.7 Å². The lowest BCUT2D eigenvalue weighted by atomic mass is 10.6. The van der Waals surface area contributed by atoms with E-state index in [1.807, 2.05) is 0 Å². The van der Waals surface area contributed by atoms with E-state index in [1.54, 1.807) is 0 Å². The largest absolute Gasteiger partial charge is 0.462 e. The minimum Gasteiger partial charge on any atom is -0.462 e. The topological polar surface area (TPSA) is 134 Å². The molecule has 0 aromatic rings. The van der Waals surface area contributed by atoms with Crippen molar-refractivity contribution >= 4 is 17.9 Å². The second kappa shape index (κ2) is 19.2. The maximum absolute atomic E-state index is 11.4. The summed E-state index contributed by atoms with van der Waals surface area (Å²) in [5.74, 6) is -2.18. The Balaban J connectivity index is 2.22. The Labute approximate surface area is 174 Å². The van der Waals surface area contributed by atoms with Crippen LogP contribution in [0.3, 0.4) is 0 Å². The molecule has 0 aromatic carbocycles. The Bertz CT molecular complexity index is 470. The lowest BCUT2D eigenvalue weighted by molar-refractivity contribution is -0.164. The number of esters is 3. The van der Waals surface area contributed by atoms with Crippen molar-refractivity contribution in [3.63, 3.8) is 0 Å². The van der Waals surface area contributed by atoms with Gasteiger partial charge in [0, 0.05) is 0 Å². The van der Waals surface area contributed by atoms with Gasteiger partial charge in [0.25, 0.3) is 0 Å². The minimum absolute atomic E-state index is 0.0194. The summed E-state index contributed by atoms with van der Waals surface area (Å²) in [4.78, 5) is 34.3. The molecule has 0 aliphatic carbocycles. The van der Waals surface area contributed by atoms with Crippen LogP contribution in [0, 0.1) is 0 Å². The fourth-order valence-electron chi connectivity index (χ4n) is 1.89. The van der Waals surface area contributed by atoms with Crippen LogP contribution in [0.25, 0.3) is 0 Å². The Morgan fingerprint density at radius 2 is 0.633 bits per heavy atom. The molecule has 1 heterocycles. The maximum Gasteiger partial charge on any atom is 0.344 e. The molecule has 0 N–H and O–H groups in total. The maximum atomic E-state index is 11.4. The van der Waals surface area contributed by atoms with Crippen molar-refractivity contribution in [2.75, 3.05) is 99.1 Å². The van der Waals surface area contributed by atoms with Crippen LogP contribution in [0.1, 0.15) is 0 Å². The zero-order chi connectivity index (χ0) is 21.7. The molecule has 0 unspecified atom stereocenters. The second-order valence-corrected chi connectivity index (χ2v) is 5.66. The van der Waals surface area contributed by atoms with Gasteiger partial charge in [-0.25, -0.2) is 14.4 Å². The number of cyclic esters (lactones) is 3. The summed E-state index contributed by atoms with van der Waals surface area (Å²) in [6, 6.07) is 0. The van der Waals surface area contributed by atoms with E-state index in [2.05, 4.69) is 4.74 Å². The quantitative estimate of drug-likeness (QED) is 0.330. The average Bonchev–Trinajstić information content (AvgIpc) is 2.73. The predicted octanol–water partition coefficient (Wildman–Crippen LogP) is -1.27. The number of carbonyl (C=O) groups excluding carboxylic acids is 3. The third-order valence-electron chi connectivity index (χ3n) is 3.26. The molecule has 0 atom stereocenters. The molecule has 1 saturated heterocycles. The fourth-order valence-corrected chi connectivity index (χ4v) is 1.89. The highest BCUT2D eigenvalue weighted by Gasteiger charge is 2.10. The minimum atomic E-state index is -0.808. The Morgan fingerprint density at radius 3 is 1.03 bits per heavy atom. The van der Waals surface area contributed by atoms with Crippen LogP contribution in [0.4, 0.5) is 0 Å². The van der Waals surface area contributed by atoms with Crippen molar-refractivity contribution in [2.24, 2.45) is 0 Å². The number of carbonyl (C=O) groups is 3. The lowest BCUT2D eigenvalue weighted by Gasteiger charge is -2.08. The van der Waals surface area contributed by atoms with Gasteiger partial charge in [0.05, 0.1) is 66.1 Å². The summed E-state index contributed by atoms with van der Waals surface area (Å²) in [7, 11) is 0. The van der Waals surface area contributed by atoms with Crippen molar-refractivity contribution in [2.45, 2.75) is 0 Å². The van der Waals surface area contributed by atoms with Gasteiger partial charge in [-0.1, -0.05) is 0 Å². The lowest BCUT2D eigenvalue weighted by Crippen LogP contribution is -2.23. The first-order valence-corrected chi connectivity index (χ1v) is 9.62. The molecule has 0 saturated carbocycles. The number of hydrogen-bond acceptors (Lipinski definition) is 12. The van der Waals surface area contributed by atoms with Crippen molar-refractivity contribution < 1.29 is 57.0 Å². The van der Waals surface area contributed by atoms with Crippen LogP contribution in [-0.4, -0.2) is 117 Å². The molecule has 12 heteroatoms. The summed E-state index contributed by atoms with van der Waals surface area (Å²) in [6.07, 6.45) is 0.